The lowest BCUT2D eigenvalue weighted by Crippen LogP contribution is -2.26. The van der Waals surface area contributed by atoms with E-state index in [1.54, 1.807) is 0 Å². The van der Waals surface area contributed by atoms with Gasteiger partial charge in [-0.25, -0.2) is 4.98 Å². The third kappa shape index (κ3) is 3.31. The summed E-state index contributed by atoms with van der Waals surface area (Å²) < 4.78 is 0. The Bertz CT molecular complexity index is 356. The molecule has 102 valence electrons. The molecule has 0 radical (unpaired) electrons. The van der Waals surface area contributed by atoms with Crippen LogP contribution in [0.1, 0.15) is 54.7 Å². The van der Waals surface area contributed by atoms with Crippen molar-refractivity contribution in [2.45, 2.75) is 52.0 Å². The smallest absolute Gasteiger partial charge is 0.110 e. The summed E-state index contributed by atoms with van der Waals surface area (Å²) in [7, 11) is 0. The molecule has 3 nitrogen and oxygen atoms in total. The molecule has 0 saturated heterocycles. The maximum absolute atomic E-state index is 8.99. The van der Waals surface area contributed by atoms with Gasteiger partial charge in [0.1, 0.15) is 5.01 Å². The molecule has 1 aromatic heterocycles. The van der Waals surface area contributed by atoms with Crippen LogP contribution in [0.4, 0.5) is 0 Å². The van der Waals surface area contributed by atoms with E-state index in [9.17, 15) is 0 Å². The predicted octanol–water partition coefficient (Wildman–Crippen LogP) is 2.69. The van der Waals surface area contributed by atoms with E-state index in [1.807, 2.05) is 11.3 Å². The highest BCUT2D eigenvalue weighted by molar-refractivity contribution is 7.11. The number of nitrogens with one attached hydrogen (secondary N) is 1. The summed E-state index contributed by atoms with van der Waals surface area (Å²) >= 11 is 1.88. The number of aryl methyl sites for hydroxylation is 2. The summed E-state index contributed by atoms with van der Waals surface area (Å²) in [6.45, 7) is 5.65. The van der Waals surface area contributed by atoms with E-state index >= 15 is 0 Å². The number of aromatic nitrogens is 1. The van der Waals surface area contributed by atoms with Crippen LogP contribution in [0.15, 0.2) is 0 Å². The number of aliphatic hydroxyl groups excluding tert-OH is 1. The molecule has 0 aromatic carbocycles. The number of rotatable bonds is 7. The number of thiazole rings is 1. The van der Waals surface area contributed by atoms with Gasteiger partial charge in [-0.2, -0.15) is 0 Å². The number of hydrogen-bond donors (Lipinski definition) is 2. The molecule has 0 bridgehead atoms. The first-order valence-corrected chi connectivity index (χ1v) is 7.89. The van der Waals surface area contributed by atoms with Gasteiger partial charge in [0.05, 0.1) is 11.7 Å². The van der Waals surface area contributed by atoms with E-state index in [2.05, 4.69) is 19.2 Å². The molecular formula is C14H24N2OS. The van der Waals surface area contributed by atoms with Crippen LogP contribution < -0.4 is 5.32 Å². The Morgan fingerprint density at radius 1 is 1.44 bits per heavy atom. The molecule has 1 aliphatic rings. The van der Waals surface area contributed by atoms with Crippen molar-refractivity contribution in [3.63, 3.8) is 0 Å². The standard InChI is InChI=1S/C14H24N2OS/c1-3-11(7-8-17)9-15-10(2)14-16-12-5-4-6-13(12)18-14/h10-11,15,17H,3-9H2,1-2H3. The summed E-state index contributed by atoms with van der Waals surface area (Å²) in [4.78, 5) is 6.25. The van der Waals surface area contributed by atoms with Gasteiger partial charge in [-0.3, -0.25) is 0 Å². The SMILES string of the molecule is CCC(CCO)CNC(C)c1nc2c(s1)CCC2. The third-order valence-electron chi connectivity index (χ3n) is 3.81. The molecule has 0 amide bonds. The Morgan fingerprint density at radius 3 is 2.94 bits per heavy atom. The van der Waals surface area contributed by atoms with Crippen LogP contribution in [0.3, 0.4) is 0 Å². The normalized spacial score (nSPS) is 17.7. The van der Waals surface area contributed by atoms with Crippen molar-refractivity contribution in [3.8, 4) is 0 Å². The molecule has 1 aromatic rings. The van der Waals surface area contributed by atoms with Gasteiger partial charge in [-0.15, -0.1) is 11.3 Å². The fourth-order valence-corrected chi connectivity index (χ4v) is 3.64. The van der Waals surface area contributed by atoms with Gasteiger partial charge in [0.15, 0.2) is 0 Å². The first kappa shape index (κ1) is 14.0. The molecular weight excluding hydrogens is 244 g/mol. The lowest BCUT2D eigenvalue weighted by molar-refractivity contribution is 0.249. The molecule has 0 saturated carbocycles. The molecule has 1 heterocycles. The van der Waals surface area contributed by atoms with E-state index in [1.165, 1.54) is 34.8 Å². The average molecular weight is 268 g/mol. The first-order chi connectivity index (χ1) is 8.74. The molecule has 1 aliphatic carbocycles. The van der Waals surface area contributed by atoms with Gasteiger partial charge in [-0.1, -0.05) is 13.3 Å². The summed E-state index contributed by atoms with van der Waals surface area (Å²) in [5.41, 5.74) is 1.34. The monoisotopic (exact) mass is 268 g/mol. The van der Waals surface area contributed by atoms with Gasteiger partial charge in [0.25, 0.3) is 0 Å². The molecule has 2 rings (SSSR count). The van der Waals surface area contributed by atoms with Crippen molar-refractivity contribution in [2.24, 2.45) is 5.92 Å². The highest BCUT2D eigenvalue weighted by atomic mass is 32.1. The van der Waals surface area contributed by atoms with Crippen LogP contribution in [0.25, 0.3) is 0 Å². The van der Waals surface area contributed by atoms with Crippen molar-refractivity contribution in [1.82, 2.24) is 10.3 Å². The molecule has 18 heavy (non-hydrogen) atoms. The number of nitrogens with zero attached hydrogens (tertiary/aromatic N) is 1. The minimum Gasteiger partial charge on any atom is -0.396 e. The van der Waals surface area contributed by atoms with Gasteiger partial charge in [0.2, 0.25) is 0 Å². The van der Waals surface area contributed by atoms with Crippen LogP contribution in [0, 0.1) is 5.92 Å². The van der Waals surface area contributed by atoms with Crippen LogP contribution in [-0.2, 0) is 12.8 Å². The molecule has 4 heteroatoms. The average Bonchev–Trinajstić information content (AvgIpc) is 2.94. The van der Waals surface area contributed by atoms with Crippen molar-refractivity contribution >= 4 is 11.3 Å². The first-order valence-electron chi connectivity index (χ1n) is 7.07. The van der Waals surface area contributed by atoms with Crippen molar-refractivity contribution < 1.29 is 5.11 Å². The predicted molar refractivity (Wildman–Crippen MR) is 76.0 cm³/mol. The molecule has 0 aliphatic heterocycles. The van der Waals surface area contributed by atoms with Gasteiger partial charge >= 0.3 is 0 Å². The quantitative estimate of drug-likeness (QED) is 0.799. The van der Waals surface area contributed by atoms with E-state index < -0.39 is 0 Å². The van der Waals surface area contributed by atoms with Crippen molar-refractivity contribution in [3.05, 3.63) is 15.6 Å². The second-order valence-corrected chi connectivity index (χ2v) is 6.31. The van der Waals surface area contributed by atoms with E-state index in [0.717, 1.165) is 19.4 Å². The topological polar surface area (TPSA) is 45.1 Å². The minimum absolute atomic E-state index is 0.292. The Morgan fingerprint density at radius 2 is 2.28 bits per heavy atom. The Balaban J connectivity index is 1.85. The Labute approximate surface area is 114 Å². The largest absolute Gasteiger partial charge is 0.396 e. The van der Waals surface area contributed by atoms with E-state index in [0.29, 0.717) is 18.6 Å². The second-order valence-electron chi connectivity index (χ2n) is 5.19. The Kier molecular flexibility index (Phi) is 5.15. The van der Waals surface area contributed by atoms with Crippen molar-refractivity contribution in [2.75, 3.05) is 13.2 Å². The van der Waals surface area contributed by atoms with Crippen LogP contribution in [0.5, 0.6) is 0 Å². The second kappa shape index (κ2) is 6.64. The number of fused-ring (bicyclic) bond motifs is 1. The Hall–Kier alpha value is -0.450. The lowest BCUT2D eigenvalue weighted by atomic mass is 10.0. The number of hydrogen-bond acceptors (Lipinski definition) is 4. The van der Waals surface area contributed by atoms with Crippen LogP contribution in [-0.4, -0.2) is 23.2 Å². The minimum atomic E-state index is 0.292. The maximum atomic E-state index is 8.99. The summed E-state index contributed by atoms with van der Waals surface area (Å²) in [6, 6.07) is 0.341. The van der Waals surface area contributed by atoms with Crippen molar-refractivity contribution in [1.29, 1.82) is 0 Å². The van der Waals surface area contributed by atoms with E-state index in [-0.39, 0.29) is 0 Å². The molecule has 2 atom stereocenters. The van der Waals surface area contributed by atoms with Gasteiger partial charge in [-0.05, 0) is 45.1 Å². The zero-order valence-corrected chi connectivity index (χ0v) is 12.2. The highest BCUT2D eigenvalue weighted by Crippen LogP contribution is 2.30. The molecule has 2 N–H and O–H groups in total. The van der Waals surface area contributed by atoms with Gasteiger partial charge in [0, 0.05) is 11.5 Å². The van der Waals surface area contributed by atoms with Crippen LogP contribution >= 0.6 is 11.3 Å². The fourth-order valence-electron chi connectivity index (χ4n) is 2.46. The van der Waals surface area contributed by atoms with Gasteiger partial charge < -0.3 is 10.4 Å². The van der Waals surface area contributed by atoms with E-state index in [4.69, 9.17) is 10.1 Å². The zero-order chi connectivity index (χ0) is 13.0. The fraction of sp³-hybridized carbons (Fsp3) is 0.786. The highest BCUT2D eigenvalue weighted by Gasteiger charge is 2.19. The molecule has 2 unspecified atom stereocenters. The third-order valence-corrected chi connectivity index (χ3v) is 5.15. The zero-order valence-electron chi connectivity index (χ0n) is 11.4. The lowest BCUT2D eigenvalue weighted by Gasteiger charge is -2.17. The summed E-state index contributed by atoms with van der Waals surface area (Å²) in [5.74, 6) is 0.573. The summed E-state index contributed by atoms with van der Waals surface area (Å²) in [6.07, 6.45) is 5.69. The molecule has 0 fully saturated rings. The number of aliphatic hydroxyl groups is 1. The molecule has 0 spiro atoms. The maximum Gasteiger partial charge on any atom is 0.110 e. The van der Waals surface area contributed by atoms with Crippen LogP contribution in [0.2, 0.25) is 0 Å². The summed E-state index contributed by atoms with van der Waals surface area (Å²) in [5, 5.41) is 13.8.